The number of aryl methyl sites for hydroxylation is 2. The summed E-state index contributed by atoms with van der Waals surface area (Å²) in [5.74, 6) is 1.28. The largest absolute Gasteiger partial charge is 0.495 e. The summed E-state index contributed by atoms with van der Waals surface area (Å²) in [6, 6.07) is 11.3. The Morgan fingerprint density at radius 3 is 2.68 bits per heavy atom. The van der Waals surface area contributed by atoms with E-state index >= 15 is 0 Å². The first-order valence-corrected chi connectivity index (χ1v) is 10.8. The van der Waals surface area contributed by atoms with Crippen molar-refractivity contribution < 1.29 is 14.3 Å². The average Bonchev–Trinajstić information content (AvgIpc) is 3.45. The van der Waals surface area contributed by atoms with E-state index in [9.17, 15) is 4.79 Å². The predicted octanol–water partition coefficient (Wildman–Crippen LogP) is 4.56. The standard InChI is InChI=1S/C23H24N4O3S/c1-16-6-4-7-17(14-16)22(28)27(12-5-11-26-13-10-24-15-26)23-25-20-18(29-2)8-9-19(30-3)21(20)31-23/h4,6-10,13-15H,5,11-12H2,1-3H3. The zero-order valence-electron chi connectivity index (χ0n) is 17.7. The van der Waals surface area contributed by atoms with Crippen LogP contribution in [0.5, 0.6) is 11.5 Å². The van der Waals surface area contributed by atoms with Crippen LogP contribution in [0, 0.1) is 6.92 Å². The molecule has 0 atom stereocenters. The molecule has 0 bridgehead atoms. The molecule has 0 unspecified atom stereocenters. The first kappa shape index (κ1) is 20.9. The quantitative estimate of drug-likeness (QED) is 0.405. The normalized spacial score (nSPS) is 10.9. The second kappa shape index (κ2) is 9.18. The molecule has 0 saturated heterocycles. The van der Waals surface area contributed by atoms with Crippen LogP contribution in [-0.4, -0.2) is 41.2 Å². The third-order valence-electron chi connectivity index (χ3n) is 5.00. The van der Waals surface area contributed by atoms with Crippen molar-refractivity contribution in [1.82, 2.24) is 14.5 Å². The maximum absolute atomic E-state index is 13.5. The van der Waals surface area contributed by atoms with Gasteiger partial charge in [-0.3, -0.25) is 9.69 Å². The van der Waals surface area contributed by atoms with Gasteiger partial charge in [-0.1, -0.05) is 29.0 Å². The van der Waals surface area contributed by atoms with Crippen LogP contribution in [0.2, 0.25) is 0 Å². The van der Waals surface area contributed by atoms with Crippen LogP contribution in [-0.2, 0) is 6.54 Å². The summed E-state index contributed by atoms with van der Waals surface area (Å²) in [6.45, 7) is 3.26. The number of carbonyl (C=O) groups is 1. The number of rotatable bonds is 8. The number of hydrogen-bond acceptors (Lipinski definition) is 6. The van der Waals surface area contributed by atoms with Crippen LogP contribution >= 0.6 is 11.3 Å². The number of ether oxygens (including phenoxy) is 2. The van der Waals surface area contributed by atoms with Gasteiger partial charge >= 0.3 is 0 Å². The summed E-state index contributed by atoms with van der Waals surface area (Å²) in [6.07, 6.45) is 6.21. The molecule has 0 saturated carbocycles. The summed E-state index contributed by atoms with van der Waals surface area (Å²) in [7, 11) is 3.24. The molecule has 0 aliphatic heterocycles. The molecule has 0 aliphatic rings. The fourth-order valence-corrected chi connectivity index (χ4v) is 4.54. The average molecular weight is 437 g/mol. The van der Waals surface area contributed by atoms with E-state index in [-0.39, 0.29) is 5.91 Å². The second-order valence-corrected chi connectivity index (χ2v) is 8.10. The topological polar surface area (TPSA) is 69.5 Å². The van der Waals surface area contributed by atoms with Crippen molar-refractivity contribution in [3.63, 3.8) is 0 Å². The molecule has 7 nitrogen and oxygen atoms in total. The lowest BCUT2D eigenvalue weighted by Crippen LogP contribution is -2.32. The van der Waals surface area contributed by atoms with Crippen LogP contribution in [0.4, 0.5) is 5.13 Å². The van der Waals surface area contributed by atoms with Crippen LogP contribution in [0.1, 0.15) is 22.3 Å². The number of carbonyl (C=O) groups excluding carboxylic acids is 1. The number of imidazole rings is 1. The fourth-order valence-electron chi connectivity index (χ4n) is 3.44. The lowest BCUT2D eigenvalue weighted by Gasteiger charge is -2.20. The molecule has 31 heavy (non-hydrogen) atoms. The van der Waals surface area contributed by atoms with Crippen molar-refractivity contribution in [2.75, 3.05) is 25.7 Å². The molecule has 2 aromatic carbocycles. The van der Waals surface area contributed by atoms with Gasteiger partial charge < -0.3 is 14.0 Å². The molecule has 0 radical (unpaired) electrons. The summed E-state index contributed by atoms with van der Waals surface area (Å²) in [5, 5.41) is 0.620. The highest BCUT2D eigenvalue weighted by molar-refractivity contribution is 7.22. The third kappa shape index (κ3) is 4.39. The molecule has 160 valence electrons. The Kier molecular flexibility index (Phi) is 6.18. The number of fused-ring (bicyclic) bond motifs is 1. The predicted molar refractivity (Wildman–Crippen MR) is 122 cm³/mol. The second-order valence-electron chi connectivity index (χ2n) is 7.12. The summed E-state index contributed by atoms with van der Waals surface area (Å²) >= 11 is 1.43. The molecule has 0 spiro atoms. The van der Waals surface area contributed by atoms with E-state index in [1.165, 1.54) is 11.3 Å². The number of thiazole rings is 1. The van der Waals surface area contributed by atoms with Crippen molar-refractivity contribution in [1.29, 1.82) is 0 Å². The molecule has 0 fully saturated rings. The van der Waals surface area contributed by atoms with E-state index in [0.717, 1.165) is 23.2 Å². The van der Waals surface area contributed by atoms with Crippen molar-refractivity contribution in [3.05, 3.63) is 66.2 Å². The number of hydrogen-bond donors (Lipinski definition) is 0. The minimum absolute atomic E-state index is 0.0775. The molecule has 1 amide bonds. The Morgan fingerprint density at radius 1 is 1.16 bits per heavy atom. The SMILES string of the molecule is COc1ccc(OC)c2sc(N(CCCn3ccnc3)C(=O)c3cccc(C)c3)nc12. The van der Waals surface area contributed by atoms with Gasteiger partial charge in [-0.25, -0.2) is 9.97 Å². The molecule has 8 heteroatoms. The fraction of sp³-hybridized carbons (Fsp3) is 0.261. The Morgan fingerprint density at radius 2 is 1.97 bits per heavy atom. The van der Waals surface area contributed by atoms with Gasteiger partial charge in [-0.2, -0.15) is 0 Å². The van der Waals surface area contributed by atoms with E-state index in [2.05, 4.69) is 4.98 Å². The third-order valence-corrected chi connectivity index (χ3v) is 6.09. The molecule has 4 rings (SSSR count). The van der Waals surface area contributed by atoms with Gasteiger partial charge in [0.2, 0.25) is 0 Å². The van der Waals surface area contributed by atoms with Crippen LogP contribution in [0.3, 0.4) is 0 Å². The maximum atomic E-state index is 13.5. The first-order chi connectivity index (χ1) is 15.1. The molecular formula is C23H24N4O3S. The molecule has 0 aliphatic carbocycles. The highest BCUT2D eigenvalue weighted by Gasteiger charge is 2.23. The van der Waals surface area contributed by atoms with Crippen molar-refractivity contribution in [3.8, 4) is 11.5 Å². The number of benzene rings is 2. The lowest BCUT2D eigenvalue weighted by atomic mass is 10.1. The first-order valence-electron chi connectivity index (χ1n) is 9.96. The Hall–Kier alpha value is -3.39. The zero-order valence-corrected chi connectivity index (χ0v) is 18.6. The molecule has 4 aromatic rings. The van der Waals surface area contributed by atoms with Crippen molar-refractivity contribution in [2.24, 2.45) is 0 Å². The van der Waals surface area contributed by atoms with Crippen LogP contribution in [0.15, 0.2) is 55.1 Å². The van der Waals surface area contributed by atoms with Crippen molar-refractivity contribution >= 4 is 32.6 Å². The highest BCUT2D eigenvalue weighted by Crippen LogP contribution is 2.40. The number of methoxy groups -OCH3 is 2. The van der Waals surface area contributed by atoms with Crippen molar-refractivity contribution in [2.45, 2.75) is 19.9 Å². The van der Waals surface area contributed by atoms with Crippen LogP contribution < -0.4 is 14.4 Å². The highest BCUT2D eigenvalue weighted by atomic mass is 32.1. The summed E-state index contributed by atoms with van der Waals surface area (Å²) in [4.78, 5) is 24.1. The number of amides is 1. The minimum atomic E-state index is -0.0775. The van der Waals surface area contributed by atoms with Gasteiger partial charge in [-0.15, -0.1) is 0 Å². The number of aromatic nitrogens is 3. The van der Waals surface area contributed by atoms with E-state index in [1.54, 1.807) is 31.6 Å². The smallest absolute Gasteiger partial charge is 0.260 e. The van der Waals surface area contributed by atoms with Gasteiger partial charge in [0.05, 0.1) is 20.5 Å². The van der Waals surface area contributed by atoms with Gasteiger partial charge in [0.15, 0.2) is 5.13 Å². The Balaban J connectivity index is 1.71. The monoisotopic (exact) mass is 436 g/mol. The van der Waals surface area contributed by atoms with Crippen LogP contribution in [0.25, 0.3) is 10.2 Å². The molecule has 2 heterocycles. The van der Waals surface area contributed by atoms with Gasteiger partial charge in [0.1, 0.15) is 21.7 Å². The van der Waals surface area contributed by atoms with Gasteiger partial charge in [-0.05, 0) is 37.6 Å². The molecular weight excluding hydrogens is 412 g/mol. The summed E-state index contributed by atoms with van der Waals surface area (Å²) < 4.78 is 13.9. The molecule has 2 aromatic heterocycles. The molecule has 0 N–H and O–H groups in total. The van der Waals surface area contributed by atoms with E-state index in [1.807, 2.05) is 54.1 Å². The van der Waals surface area contributed by atoms with Gasteiger partial charge in [0, 0.05) is 31.0 Å². The van der Waals surface area contributed by atoms with E-state index in [0.29, 0.717) is 34.3 Å². The maximum Gasteiger partial charge on any atom is 0.260 e. The number of anilines is 1. The Labute approximate surface area is 184 Å². The summed E-state index contributed by atoms with van der Waals surface area (Å²) in [5.41, 5.74) is 2.37. The minimum Gasteiger partial charge on any atom is -0.495 e. The number of nitrogens with zero attached hydrogens (tertiary/aromatic N) is 4. The van der Waals surface area contributed by atoms with E-state index < -0.39 is 0 Å². The lowest BCUT2D eigenvalue weighted by molar-refractivity contribution is 0.0986. The Bertz CT molecular complexity index is 1150. The van der Waals surface area contributed by atoms with E-state index in [4.69, 9.17) is 14.5 Å². The van der Waals surface area contributed by atoms with Gasteiger partial charge in [0.25, 0.3) is 5.91 Å². The zero-order chi connectivity index (χ0) is 21.8.